The van der Waals surface area contributed by atoms with Gasteiger partial charge in [-0.2, -0.15) is 0 Å². The molecule has 0 radical (unpaired) electrons. The highest BCUT2D eigenvalue weighted by Crippen LogP contribution is 2.32. The Labute approximate surface area is 67.0 Å². The van der Waals surface area contributed by atoms with E-state index in [-0.39, 0.29) is 7.43 Å². The van der Waals surface area contributed by atoms with Gasteiger partial charge in [-0.25, -0.2) is 0 Å². The van der Waals surface area contributed by atoms with Crippen molar-refractivity contribution in [3.8, 4) is 0 Å². The molecule has 0 heteroatoms. The molecule has 0 heterocycles. The van der Waals surface area contributed by atoms with Crippen molar-refractivity contribution in [1.82, 2.24) is 0 Å². The molecule has 1 aliphatic rings. The minimum Gasteiger partial charge on any atom is -0.0776 e. The fourth-order valence-corrected chi connectivity index (χ4v) is 1.11. The molecule has 1 rings (SSSR count). The van der Waals surface area contributed by atoms with Crippen molar-refractivity contribution >= 4 is 0 Å². The SMILES string of the molecule is C.CC.CC(C)C1CCC1. The molecule has 1 aliphatic carbocycles. The third-order valence-electron chi connectivity index (χ3n) is 2.09. The second-order valence-corrected chi connectivity index (χ2v) is 2.94. The van der Waals surface area contributed by atoms with Gasteiger partial charge in [-0.1, -0.05) is 54.4 Å². The van der Waals surface area contributed by atoms with E-state index >= 15 is 0 Å². The number of hydrogen-bond acceptors (Lipinski definition) is 0. The van der Waals surface area contributed by atoms with Crippen molar-refractivity contribution in [3.63, 3.8) is 0 Å². The van der Waals surface area contributed by atoms with Gasteiger partial charge >= 0.3 is 0 Å². The van der Waals surface area contributed by atoms with E-state index < -0.39 is 0 Å². The zero-order valence-corrected chi connectivity index (χ0v) is 7.28. The second kappa shape index (κ2) is 7.11. The van der Waals surface area contributed by atoms with Crippen LogP contribution in [0.3, 0.4) is 0 Å². The highest BCUT2D eigenvalue weighted by atomic mass is 14.3. The Morgan fingerprint density at radius 3 is 1.50 bits per heavy atom. The maximum atomic E-state index is 2.32. The molecule has 0 aromatic carbocycles. The van der Waals surface area contributed by atoms with Crippen LogP contribution in [0.5, 0.6) is 0 Å². The van der Waals surface area contributed by atoms with Gasteiger partial charge < -0.3 is 0 Å². The predicted octanol–water partition coefficient (Wildman–Crippen LogP) is 4.10. The Morgan fingerprint density at radius 2 is 1.50 bits per heavy atom. The van der Waals surface area contributed by atoms with Gasteiger partial charge in [0.05, 0.1) is 0 Å². The van der Waals surface area contributed by atoms with Crippen LogP contribution >= 0.6 is 0 Å². The molecule has 0 spiro atoms. The van der Waals surface area contributed by atoms with E-state index in [2.05, 4.69) is 13.8 Å². The van der Waals surface area contributed by atoms with Gasteiger partial charge in [-0.3, -0.25) is 0 Å². The molecule has 64 valence electrons. The molecule has 0 N–H and O–H groups in total. The maximum Gasteiger partial charge on any atom is -0.0391 e. The molecule has 0 aromatic heterocycles. The van der Waals surface area contributed by atoms with Gasteiger partial charge in [-0.15, -0.1) is 0 Å². The summed E-state index contributed by atoms with van der Waals surface area (Å²) < 4.78 is 0. The van der Waals surface area contributed by atoms with Crippen molar-refractivity contribution < 1.29 is 0 Å². The molecule has 0 unspecified atom stereocenters. The first-order valence-electron chi connectivity index (χ1n) is 4.30. The average Bonchev–Trinajstić information content (AvgIpc) is 1.65. The Kier molecular flexibility index (Phi) is 9.00. The summed E-state index contributed by atoms with van der Waals surface area (Å²) in [6.45, 7) is 8.65. The van der Waals surface area contributed by atoms with E-state index in [0.29, 0.717) is 0 Å². The molecule has 0 bridgehead atoms. The van der Waals surface area contributed by atoms with E-state index in [1.54, 1.807) is 0 Å². The first-order chi connectivity index (χ1) is 4.30. The van der Waals surface area contributed by atoms with Crippen molar-refractivity contribution in [1.29, 1.82) is 0 Å². The van der Waals surface area contributed by atoms with Gasteiger partial charge in [0.25, 0.3) is 0 Å². The summed E-state index contributed by atoms with van der Waals surface area (Å²) in [5.74, 6) is 2.04. The zero-order chi connectivity index (χ0) is 7.28. The smallest absolute Gasteiger partial charge is 0.0391 e. The van der Waals surface area contributed by atoms with Crippen molar-refractivity contribution in [3.05, 3.63) is 0 Å². The van der Waals surface area contributed by atoms with Crippen LogP contribution in [0.25, 0.3) is 0 Å². The monoisotopic (exact) mass is 144 g/mol. The lowest BCUT2D eigenvalue weighted by Crippen LogP contribution is -2.16. The first kappa shape index (κ1) is 12.7. The first-order valence-corrected chi connectivity index (χ1v) is 4.30. The molecular formula is C10H24. The Hall–Kier alpha value is 0. The zero-order valence-electron chi connectivity index (χ0n) is 7.28. The Balaban J connectivity index is 0. The van der Waals surface area contributed by atoms with Crippen LogP contribution in [0.2, 0.25) is 0 Å². The van der Waals surface area contributed by atoms with E-state index in [4.69, 9.17) is 0 Å². The molecule has 0 aliphatic heterocycles. The van der Waals surface area contributed by atoms with Crippen LogP contribution in [0.1, 0.15) is 54.4 Å². The topological polar surface area (TPSA) is 0 Å². The molecule has 1 fully saturated rings. The minimum absolute atomic E-state index is 0. The molecule has 10 heavy (non-hydrogen) atoms. The molecular weight excluding hydrogens is 120 g/mol. The van der Waals surface area contributed by atoms with Gasteiger partial charge in [-0.05, 0) is 11.8 Å². The lowest BCUT2D eigenvalue weighted by molar-refractivity contribution is 0.235. The van der Waals surface area contributed by atoms with Crippen LogP contribution < -0.4 is 0 Å². The number of hydrogen-bond donors (Lipinski definition) is 0. The molecule has 1 saturated carbocycles. The maximum absolute atomic E-state index is 2.32. The molecule has 0 saturated heterocycles. The summed E-state index contributed by atoms with van der Waals surface area (Å²) in [5.41, 5.74) is 0. The van der Waals surface area contributed by atoms with Crippen LogP contribution in [0.4, 0.5) is 0 Å². The quantitative estimate of drug-likeness (QED) is 0.519. The molecule has 0 nitrogen and oxygen atoms in total. The summed E-state index contributed by atoms with van der Waals surface area (Å²) >= 11 is 0. The largest absolute Gasteiger partial charge is 0.0776 e. The van der Waals surface area contributed by atoms with Gasteiger partial charge in [0, 0.05) is 0 Å². The minimum atomic E-state index is 0. The second-order valence-electron chi connectivity index (χ2n) is 2.94. The van der Waals surface area contributed by atoms with E-state index in [1.165, 1.54) is 19.3 Å². The van der Waals surface area contributed by atoms with E-state index in [1.807, 2.05) is 13.8 Å². The van der Waals surface area contributed by atoms with Crippen LogP contribution in [0, 0.1) is 11.8 Å². The standard InChI is InChI=1S/C7H14.C2H6.CH4/c1-6(2)7-4-3-5-7;1-2;/h6-7H,3-5H2,1-2H3;1-2H3;1H4. The van der Waals surface area contributed by atoms with Crippen molar-refractivity contribution in [2.45, 2.75) is 54.4 Å². The fraction of sp³-hybridized carbons (Fsp3) is 1.00. The highest BCUT2D eigenvalue weighted by molar-refractivity contribution is 4.71. The molecule has 0 amide bonds. The Bertz CT molecular complexity index is 51.1. The summed E-state index contributed by atoms with van der Waals surface area (Å²) in [4.78, 5) is 0. The van der Waals surface area contributed by atoms with Crippen LogP contribution in [-0.2, 0) is 0 Å². The fourth-order valence-electron chi connectivity index (χ4n) is 1.11. The van der Waals surface area contributed by atoms with Crippen LogP contribution in [-0.4, -0.2) is 0 Å². The van der Waals surface area contributed by atoms with E-state index in [9.17, 15) is 0 Å². The van der Waals surface area contributed by atoms with Crippen molar-refractivity contribution in [2.75, 3.05) is 0 Å². The van der Waals surface area contributed by atoms with Gasteiger partial charge in [0.1, 0.15) is 0 Å². The lowest BCUT2D eigenvalue weighted by atomic mass is 9.78. The lowest BCUT2D eigenvalue weighted by Gasteiger charge is -2.28. The van der Waals surface area contributed by atoms with Gasteiger partial charge in [0.15, 0.2) is 0 Å². The summed E-state index contributed by atoms with van der Waals surface area (Å²) in [7, 11) is 0. The third-order valence-corrected chi connectivity index (χ3v) is 2.09. The Morgan fingerprint density at radius 1 is 1.10 bits per heavy atom. The summed E-state index contributed by atoms with van der Waals surface area (Å²) in [6, 6.07) is 0. The normalized spacial score (nSPS) is 16.5. The summed E-state index contributed by atoms with van der Waals surface area (Å²) in [5, 5.41) is 0. The van der Waals surface area contributed by atoms with Gasteiger partial charge in [0.2, 0.25) is 0 Å². The number of rotatable bonds is 1. The average molecular weight is 144 g/mol. The molecule has 0 aromatic rings. The van der Waals surface area contributed by atoms with E-state index in [0.717, 1.165) is 11.8 Å². The molecule has 0 atom stereocenters. The highest BCUT2D eigenvalue weighted by Gasteiger charge is 2.19. The predicted molar refractivity (Wildman–Crippen MR) is 50.3 cm³/mol. The third kappa shape index (κ3) is 3.92. The van der Waals surface area contributed by atoms with Crippen LogP contribution in [0.15, 0.2) is 0 Å². The summed E-state index contributed by atoms with van der Waals surface area (Å²) in [6.07, 6.45) is 4.48. The van der Waals surface area contributed by atoms with Crippen molar-refractivity contribution in [2.24, 2.45) is 11.8 Å².